The van der Waals surface area contributed by atoms with Crippen molar-refractivity contribution in [1.29, 1.82) is 0 Å². The quantitative estimate of drug-likeness (QED) is 0.856. The molecule has 24 heavy (non-hydrogen) atoms. The first-order valence-corrected chi connectivity index (χ1v) is 11.4. The van der Waals surface area contributed by atoms with Gasteiger partial charge in [0.15, 0.2) is 0 Å². The molecule has 0 saturated carbocycles. The lowest BCUT2D eigenvalue weighted by molar-refractivity contribution is 0.346. The Kier molecular flexibility index (Phi) is 4.95. The number of nitrogens with zero attached hydrogens (tertiary/aromatic N) is 1. The van der Waals surface area contributed by atoms with Crippen LogP contribution in [0.1, 0.15) is 19.3 Å². The fourth-order valence-electron chi connectivity index (χ4n) is 2.60. The molecule has 6 nitrogen and oxygen atoms in total. The zero-order valence-corrected chi connectivity index (χ0v) is 15.3. The van der Waals surface area contributed by atoms with Gasteiger partial charge in [-0.05, 0) is 42.5 Å². The van der Waals surface area contributed by atoms with Crippen molar-refractivity contribution >= 4 is 37.1 Å². The van der Waals surface area contributed by atoms with Gasteiger partial charge in [-0.3, -0.25) is 4.72 Å². The Hall–Kier alpha value is -1.42. The third-order valence-corrected chi connectivity index (χ3v) is 8.47. The van der Waals surface area contributed by atoms with E-state index in [1.165, 1.54) is 22.5 Å². The van der Waals surface area contributed by atoms with Gasteiger partial charge in [0.25, 0.3) is 10.0 Å². The van der Waals surface area contributed by atoms with E-state index in [2.05, 4.69) is 4.72 Å². The molecule has 0 unspecified atom stereocenters. The van der Waals surface area contributed by atoms with Crippen molar-refractivity contribution < 1.29 is 16.8 Å². The van der Waals surface area contributed by atoms with Crippen LogP contribution in [0.25, 0.3) is 0 Å². The summed E-state index contributed by atoms with van der Waals surface area (Å²) >= 11 is 1.10. The number of sulfonamides is 2. The van der Waals surface area contributed by atoms with E-state index in [1.807, 2.05) is 0 Å². The van der Waals surface area contributed by atoms with Gasteiger partial charge in [0.05, 0.1) is 10.6 Å². The number of benzene rings is 1. The number of thiophene rings is 1. The molecule has 2 aromatic rings. The van der Waals surface area contributed by atoms with Gasteiger partial charge in [-0.25, -0.2) is 16.8 Å². The van der Waals surface area contributed by atoms with E-state index < -0.39 is 20.0 Å². The fraction of sp³-hybridized carbons (Fsp3) is 0.333. The van der Waals surface area contributed by atoms with E-state index in [4.69, 9.17) is 0 Å². The smallest absolute Gasteiger partial charge is 0.271 e. The number of rotatable bonds is 5. The maximum absolute atomic E-state index is 12.7. The lowest BCUT2D eigenvalue weighted by atomic mass is 10.2. The number of anilines is 1. The molecular formula is C15H18N2O4S3. The molecule has 1 N–H and O–H groups in total. The molecule has 3 rings (SSSR count). The molecule has 0 aliphatic carbocycles. The summed E-state index contributed by atoms with van der Waals surface area (Å²) in [5.74, 6) is 0. The highest BCUT2D eigenvalue weighted by Crippen LogP contribution is 2.25. The lowest BCUT2D eigenvalue weighted by Crippen LogP contribution is -2.35. The van der Waals surface area contributed by atoms with E-state index in [9.17, 15) is 16.8 Å². The van der Waals surface area contributed by atoms with Crippen molar-refractivity contribution in [3.63, 3.8) is 0 Å². The van der Waals surface area contributed by atoms with Crippen LogP contribution in [0.3, 0.4) is 0 Å². The van der Waals surface area contributed by atoms with Crippen LogP contribution in [0.15, 0.2) is 50.9 Å². The van der Waals surface area contributed by atoms with Gasteiger partial charge < -0.3 is 0 Å². The van der Waals surface area contributed by atoms with Gasteiger partial charge >= 0.3 is 0 Å². The van der Waals surface area contributed by atoms with Crippen molar-refractivity contribution in [2.24, 2.45) is 0 Å². The summed E-state index contributed by atoms with van der Waals surface area (Å²) in [5.41, 5.74) is 0.237. The number of hydrogen-bond donors (Lipinski definition) is 1. The minimum Gasteiger partial charge on any atom is -0.279 e. The molecule has 1 aromatic carbocycles. The lowest BCUT2D eigenvalue weighted by Gasteiger charge is -2.26. The summed E-state index contributed by atoms with van der Waals surface area (Å²) in [5, 5.41) is 1.67. The van der Waals surface area contributed by atoms with E-state index in [-0.39, 0.29) is 14.8 Å². The topological polar surface area (TPSA) is 83.5 Å². The van der Waals surface area contributed by atoms with E-state index in [0.717, 1.165) is 30.6 Å². The van der Waals surface area contributed by atoms with Crippen LogP contribution in [0.5, 0.6) is 0 Å². The Balaban J connectivity index is 1.87. The van der Waals surface area contributed by atoms with Crippen molar-refractivity contribution in [2.45, 2.75) is 28.4 Å². The zero-order valence-electron chi connectivity index (χ0n) is 12.9. The third-order valence-electron chi connectivity index (χ3n) is 3.80. The average molecular weight is 387 g/mol. The van der Waals surface area contributed by atoms with Crippen LogP contribution in [0.4, 0.5) is 5.69 Å². The molecular weight excluding hydrogens is 368 g/mol. The standard InChI is InChI=1S/C15H18N2O4S3/c18-23(19,15-8-5-11-22-15)16-13-6-4-7-14(12-13)24(20,21)17-9-2-1-3-10-17/h4-8,11-12,16H,1-3,9-10H2. The first-order chi connectivity index (χ1) is 11.4. The largest absolute Gasteiger partial charge is 0.279 e. The van der Waals surface area contributed by atoms with Gasteiger partial charge in [-0.1, -0.05) is 18.6 Å². The van der Waals surface area contributed by atoms with Crippen molar-refractivity contribution in [3.05, 3.63) is 41.8 Å². The van der Waals surface area contributed by atoms with Crippen LogP contribution in [0, 0.1) is 0 Å². The first kappa shape index (κ1) is 17.4. The first-order valence-electron chi connectivity index (χ1n) is 7.56. The minimum absolute atomic E-state index is 0.107. The predicted octanol–water partition coefficient (Wildman–Crippen LogP) is 2.72. The second kappa shape index (κ2) is 6.83. The summed E-state index contributed by atoms with van der Waals surface area (Å²) in [6, 6.07) is 9.10. The van der Waals surface area contributed by atoms with Crippen LogP contribution in [-0.2, 0) is 20.0 Å². The molecule has 0 spiro atoms. The average Bonchev–Trinajstić information content (AvgIpc) is 3.11. The third kappa shape index (κ3) is 3.64. The van der Waals surface area contributed by atoms with E-state index in [1.54, 1.807) is 23.6 Å². The van der Waals surface area contributed by atoms with Gasteiger partial charge in [0.2, 0.25) is 10.0 Å². The SMILES string of the molecule is O=S(=O)(Nc1cccc(S(=O)(=O)N2CCCCC2)c1)c1cccs1. The number of hydrogen-bond acceptors (Lipinski definition) is 5. The summed E-state index contributed by atoms with van der Waals surface area (Å²) in [6.07, 6.45) is 2.74. The van der Waals surface area contributed by atoms with Gasteiger partial charge in [-0.15, -0.1) is 11.3 Å². The molecule has 1 fully saturated rings. The Labute approximate surface area is 146 Å². The monoisotopic (exact) mass is 386 g/mol. The normalized spacial score (nSPS) is 16.8. The number of nitrogens with one attached hydrogen (secondary N) is 1. The number of piperidine rings is 1. The van der Waals surface area contributed by atoms with Crippen LogP contribution >= 0.6 is 11.3 Å². The molecule has 1 aliphatic rings. The predicted molar refractivity (Wildman–Crippen MR) is 94.2 cm³/mol. The highest BCUT2D eigenvalue weighted by molar-refractivity contribution is 7.94. The van der Waals surface area contributed by atoms with Crippen LogP contribution in [0.2, 0.25) is 0 Å². The Morgan fingerprint density at radius 2 is 1.71 bits per heavy atom. The van der Waals surface area contributed by atoms with E-state index in [0.29, 0.717) is 13.1 Å². The summed E-state index contributed by atoms with van der Waals surface area (Å²) in [7, 11) is -7.29. The second-order valence-corrected chi connectivity index (χ2v) is 10.3. The molecule has 9 heteroatoms. The maximum atomic E-state index is 12.7. The second-order valence-electron chi connectivity index (χ2n) is 5.53. The molecule has 0 amide bonds. The molecule has 0 bridgehead atoms. The van der Waals surface area contributed by atoms with Gasteiger partial charge in [0, 0.05) is 13.1 Å². The van der Waals surface area contributed by atoms with E-state index >= 15 is 0 Å². The highest BCUT2D eigenvalue weighted by Gasteiger charge is 2.26. The Bertz CT molecular complexity index is 900. The summed E-state index contributed by atoms with van der Waals surface area (Å²) in [6.45, 7) is 1.01. The van der Waals surface area contributed by atoms with Crippen molar-refractivity contribution in [1.82, 2.24) is 4.31 Å². The van der Waals surface area contributed by atoms with Crippen molar-refractivity contribution in [3.8, 4) is 0 Å². The van der Waals surface area contributed by atoms with Crippen LogP contribution < -0.4 is 4.72 Å². The molecule has 1 aliphatic heterocycles. The maximum Gasteiger partial charge on any atom is 0.271 e. The Morgan fingerprint density at radius 1 is 0.958 bits per heavy atom. The molecule has 130 valence electrons. The van der Waals surface area contributed by atoms with Gasteiger partial charge in [-0.2, -0.15) is 4.31 Å². The molecule has 1 aromatic heterocycles. The molecule has 2 heterocycles. The van der Waals surface area contributed by atoms with Gasteiger partial charge in [0.1, 0.15) is 4.21 Å². The van der Waals surface area contributed by atoms with Crippen LogP contribution in [-0.4, -0.2) is 34.2 Å². The molecule has 1 saturated heterocycles. The zero-order chi connectivity index (χ0) is 17.2. The molecule has 0 atom stereocenters. The summed E-state index contributed by atoms with van der Waals surface area (Å²) in [4.78, 5) is 0.107. The molecule has 0 radical (unpaired) electrons. The Morgan fingerprint density at radius 3 is 2.38 bits per heavy atom. The fourth-order valence-corrected chi connectivity index (χ4v) is 6.20. The summed E-state index contributed by atoms with van der Waals surface area (Å²) < 4.78 is 54.0. The highest BCUT2D eigenvalue weighted by atomic mass is 32.2. The van der Waals surface area contributed by atoms with Crippen molar-refractivity contribution in [2.75, 3.05) is 17.8 Å². The minimum atomic E-state index is -3.70.